The Morgan fingerprint density at radius 3 is 2.54 bits per heavy atom. The van der Waals surface area contributed by atoms with Crippen molar-refractivity contribution in [1.29, 1.82) is 0 Å². The average Bonchev–Trinajstić information content (AvgIpc) is 2.56. The van der Waals surface area contributed by atoms with E-state index in [1.807, 2.05) is 18.7 Å². The number of thioether (sulfide) groups is 2. The molecular weight excluding hydrogens is 396 g/mol. The lowest BCUT2D eigenvalue weighted by atomic mass is 10.1. The second kappa shape index (κ2) is 10.2. The van der Waals surface area contributed by atoms with Crippen LogP contribution >= 0.6 is 59.6 Å². The number of aryl methyl sites for hydroxylation is 2. The van der Waals surface area contributed by atoms with Gasteiger partial charge in [0.15, 0.2) is 0 Å². The summed E-state index contributed by atoms with van der Waals surface area (Å²) in [5.74, 6) is 2.28. The Balaban J connectivity index is 1.96. The van der Waals surface area contributed by atoms with E-state index in [1.54, 1.807) is 16.5 Å². The van der Waals surface area contributed by atoms with Crippen LogP contribution in [0.25, 0.3) is 11.0 Å². The van der Waals surface area contributed by atoms with Gasteiger partial charge < -0.3 is 4.42 Å². The average molecular weight is 417 g/mol. The van der Waals surface area contributed by atoms with Crippen molar-refractivity contribution in [2.24, 2.45) is 0 Å². The number of fused-ring (bicyclic) bond motifs is 1. The highest BCUT2D eigenvalue weighted by Crippen LogP contribution is 2.33. The van der Waals surface area contributed by atoms with Crippen LogP contribution < -0.4 is 0 Å². The van der Waals surface area contributed by atoms with Crippen molar-refractivity contribution < 1.29 is 4.42 Å². The summed E-state index contributed by atoms with van der Waals surface area (Å²) in [7, 11) is 0. The smallest absolute Gasteiger partial charge is 0.209 e. The zero-order valence-corrected chi connectivity index (χ0v) is 17.9. The summed E-state index contributed by atoms with van der Waals surface area (Å²) >= 11 is 19.9. The molecule has 0 atom stereocenters. The van der Waals surface area contributed by atoms with E-state index in [2.05, 4.69) is 19.1 Å². The van der Waals surface area contributed by atoms with Crippen LogP contribution in [0.2, 0.25) is 5.02 Å². The second-order valence-electron chi connectivity index (χ2n) is 5.68. The zero-order chi connectivity index (χ0) is 17.5. The molecule has 2 aromatic rings. The molecular formula is C18H21ClOS4. The van der Waals surface area contributed by atoms with Crippen molar-refractivity contribution in [3.63, 3.8) is 0 Å². The van der Waals surface area contributed by atoms with Gasteiger partial charge in [-0.05, 0) is 73.7 Å². The van der Waals surface area contributed by atoms with E-state index in [-0.39, 0.29) is 0 Å². The third-order valence-corrected chi connectivity index (χ3v) is 6.83. The van der Waals surface area contributed by atoms with Gasteiger partial charge in [-0.3, -0.25) is 0 Å². The first-order valence-electron chi connectivity index (χ1n) is 7.96. The quantitative estimate of drug-likeness (QED) is 0.234. The predicted molar refractivity (Wildman–Crippen MR) is 117 cm³/mol. The Morgan fingerprint density at radius 2 is 1.83 bits per heavy atom. The van der Waals surface area contributed by atoms with Crippen molar-refractivity contribution in [2.45, 2.75) is 44.4 Å². The molecule has 1 nitrogen and oxygen atoms in total. The van der Waals surface area contributed by atoms with Crippen molar-refractivity contribution in [3.05, 3.63) is 33.0 Å². The number of thiocarbonyl (C=S) groups is 1. The molecule has 0 fully saturated rings. The predicted octanol–water partition coefficient (Wildman–Crippen LogP) is 7.78. The van der Waals surface area contributed by atoms with E-state index >= 15 is 0 Å². The number of hydrogen-bond donors (Lipinski definition) is 0. The zero-order valence-electron chi connectivity index (χ0n) is 13.9. The molecule has 0 aliphatic carbocycles. The Kier molecular flexibility index (Phi) is 8.58. The Morgan fingerprint density at radius 1 is 1.12 bits per heavy atom. The maximum Gasteiger partial charge on any atom is 0.209 e. The molecule has 0 aliphatic heterocycles. The third-order valence-electron chi connectivity index (χ3n) is 3.85. The molecule has 24 heavy (non-hydrogen) atoms. The minimum atomic E-state index is 0.372. The second-order valence-corrected chi connectivity index (χ2v) is 9.10. The van der Waals surface area contributed by atoms with Gasteiger partial charge in [0.25, 0.3) is 0 Å². The van der Waals surface area contributed by atoms with E-state index in [0.29, 0.717) is 9.73 Å². The van der Waals surface area contributed by atoms with Gasteiger partial charge >= 0.3 is 0 Å². The number of rotatable bonds is 9. The van der Waals surface area contributed by atoms with E-state index in [9.17, 15) is 0 Å². The minimum absolute atomic E-state index is 0.372. The molecule has 0 radical (unpaired) electrons. The normalized spacial score (nSPS) is 11.1. The standard InChI is InChI=1S/C18H21ClOS4/c1-12-9-14(24-8-6-4-3-5-7-23-11-21)10-15-13(2)16(19)18(22)20-17(12)15/h9-11H,3-8H2,1-2H3. The van der Waals surface area contributed by atoms with E-state index in [1.165, 1.54) is 30.6 Å². The first-order valence-corrected chi connectivity index (χ1v) is 11.3. The van der Waals surface area contributed by atoms with E-state index in [0.717, 1.165) is 33.6 Å². The van der Waals surface area contributed by atoms with Crippen LogP contribution in [-0.2, 0) is 0 Å². The molecule has 1 aromatic carbocycles. The van der Waals surface area contributed by atoms with Crippen molar-refractivity contribution >= 4 is 75.2 Å². The van der Waals surface area contributed by atoms with Gasteiger partial charge in [0.2, 0.25) is 4.71 Å². The molecule has 130 valence electrons. The topological polar surface area (TPSA) is 13.1 Å². The monoisotopic (exact) mass is 416 g/mol. The summed E-state index contributed by atoms with van der Waals surface area (Å²) in [4.78, 5) is 1.27. The number of hydrogen-bond acceptors (Lipinski definition) is 5. The van der Waals surface area contributed by atoms with Crippen LogP contribution in [-0.4, -0.2) is 16.2 Å². The Hall–Kier alpha value is -0.0700. The minimum Gasteiger partial charge on any atom is -0.443 e. The summed E-state index contributed by atoms with van der Waals surface area (Å²) in [6, 6.07) is 4.34. The SMILES string of the molecule is Cc1c(Cl)c(=S)oc2c(C)cc(SCCCCCCSC=S)cc12. The highest BCUT2D eigenvalue weighted by Gasteiger charge is 2.10. The fourth-order valence-electron chi connectivity index (χ4n) is 2.53. The molecule has 0 amide bonds. The number of unbranched alkanes of at least 4 members (excludes halogenated alkanes) is 3. The van der Waals surface area contributed by atoms with Gasteiger partial charge in [0.05, 0.1) is 5.02 Å². The Labute approximate surface area is 167 Å². The van der Waals surface area contributed by atoms with Crippen LogP contribution in [0.3, 0.4) is 0 Å². The van der Waals surface area contributed by atoms with Gasteiger partial charge in [-0.1, -0.05) is 36.7 Å². The summed E-state index contributed by atoms with van der Waals surface area (Å²) < 4.78 is 7.84. The van der Waals surface area contributed by atoms with Gasteiger partial charge in [-0.2, -0.15) is 0 Å². The Bertz CT molecular complexity index is 770. The highest BCUT2D eigenvalue weighted by atomic mass is 35.5. The van der Waals surface area contributed by atoms with E-state index in [4.69, 9.17) is 40.5 Å². The van der Waals surface area contributed by atoms with E-state index < -0.39 is 0 Å². The fraction of sp³-hybridized carbons (Fsp3) is 0.444. The number of halogens is 1. The largest absolute Gasteiger partial charge is 0.443 e. The molecule has 0 unspecified atom stereocenters. The van der Waals surface area contributed by atoms with Crippen LogP contribution in [0.1, 0.15) is 36.8 Å². The lowest BCUT2D eigenvalue weighted by Gasteiger charge is -2.09. The highest BCUT2D eigenvalue weighted by molar-refractivity contribution is 8.20. The van der Waals surface area contributed by atoms with Crippen LogP contribution in [0.15, 0.2) is 21.4 Å². The van der Waals surface area contributed by atoms with Gasteiger partial charge in [-0.15, -0.1) is 23.5 Å². The molecule has 0 aliphatic rings. The molecule has 0 spiro atoms. The van der Waals surface area contributed by atoms with Crippen molar-refractivity contribution in [1.82, 2.24) is 0 Å². The van der Waals surface area contributed by atoms with Gasteiger partial charge in [-0.25, -0.2) is 0 Å². The molecule has 0 saturated carbocycles. The molecule has 2 rings (SSSR count). The molecule has 0 N–H and O–H groups in total. The molecule has 0 saturated heterocycles. The molecule has 0 bridgehead atoms. The fourth-order valence-corrected chi connectivity index (χ4v) is 4.70. The summed E-state index contributed by atoms with van der Waals surface area (Å²) in [5, 5.41) is 1.61. The molecule has 6 heteroatoms. The molecule has 1 heterocycles. The summed E-state index contributed by atoms with van der Waals surface area (Å²) in [5.41, 5.74) is 2.96. The van der Waals surface area contributed by atoms with Gasteiger partial charge in [0.1, 0.15) is 5.58 Å². The molecule has 1 aromatic heterocycles. The lowest BCUT2D eigenvalue weighted by Crippen LogP contribution is -1.88. The van der Waals surface area contributed by atoms with Gasteiger partial charge in [0, 0.05) is 15.0 Å². The van der Waals surface area contributed by atoms with Crippen LogP contribution in [0.4, 0.5) is 0 Å². The van der Waals surface area contributed by atoms with Crippen molar-refractivity contribution in [2.75, 3.05) is 11.5 Å². The maximum atomic E-state index is 6.24. The maximum absolute atomic E-state index is 6.24. The van der Waals surface area contributed by atoms with Crippen LogP contribution in [0.5, 0.6) is 0 Å². The number of benzene rings is 1. The lowest BCUT2D eigenvalue weighted by molar-refractivity contribution is 0.583. The van der Waals surface area contributed by atoms with Crippen molar-refractivity contribution in [3.8, 4) is 0 Å². The summed E-state index contributed by atoms with van der Waals surface area (Å²) in [6.45, 7) is 4.06. The first-order chi connectivity index (χ1) is 11.5. The first kappa shape index (κ1) is 20.2. The summed E-state index contributed by atoms with van der Waals surface area (Å²) in [6.07, 6.45) is 5.04. The third kappa shape index (κ3) is 5.46. The van der Waals surface area contributed by atoms with Crippen LogP contribution in [0, 0.1) is 18.6 Å².